The van der Waals surface area contributed by atoms with E-state index in [0.29, 0.717) is 18.0 Å². The maximum Gasteiger partial charge on any atom is 0.138 e. The second kappa shape index (κ2) is 7.21. The lowest BCUT2D eigenvalue weighted by atomic mass is 9.75. The molecule has 0 aliphatic heterocycles. The Bertz CT molecular complexity index is 399. The fraction of sp³-hybridized carbons (Fsp3) is 0.875. The van der Waals surface area contributed by atoms with Gasteiger partial charge in [0.2, 0.25) is 0 Å². The van der Waals surface area contributed by atoms with Crippen LogP contribution >= 0.6 is 0 Å². The third-order valence-corrected chi connectivity index (χ3v) is 4.72. The largest absolute Gasteiger partial charge is 0.314 e. The van der Waals surface area contributed by atoms with E-state index >= 15 is 0 Å². The van der Waals surface area contributed by atoms with Gasteiger partial charge in [-0.25, -0.2) is 9.67 Å². The summed E-state index contributed by atoms with van der Waals surface area (Å²) in [5, 5.41) is 8.06. The summed E-state index contributed by atoms with van der Waals surface area (Å²) in [6.45, 7) is 9.95. The van der Waals surface area contributed by atoms with E-state index in [-0.39, 0.29) is 0 Å². The standard InChI is InChI=1S/C16H30N4/c1-5-13-7-8-15(17-6-2)14(9-13)10-16-18-11-19-20(16)12(3)4/h11-15,17H,5-10H2,1-4H3. The van der Waals surface area contributed by atoms with Crippen molar-refractivity contribution in [1.82, 2.24) is 20.1 Å². The highest BCUT2D eigenvalue weighted by Crippen LogP contribution is 2.33. The average Bonchev–Trinajstić information content (AvgIpc) is 2.89. The van der Waals surface area contributed by atoms with Gasteiger partial charge in [0.25, 0.3) is 0 Å². The van der Waals surface area contributed by atoms with Crippen molar-refractivity contribution in [2.75, 3.05) is 6.54 Å². The minimum absolute atomic E-state index is 0.399. The number of nitrogens with zero attached hydrogens (tertiary/aromatic N) is 3. The van der Waals surface area contributed by atoms with Crippen LogP contribution in [0.2, 0.25) is 0 Å². The van der Waals surface area contributed by atoms with Gasteiger partial charge >= 0.3 is 0 Å². The van der Waals surface area contributed by atoms with Crippen LogP contribution in [0, 0.1) is 11.8 Å². The number of nitrogens with one attached hydrogen (secondary N) is 1. The normalized spacial score (nSPS) is 27.1. The van der Waals surface area contributed by atoms with Crippen LogP contribution in [0.5, 0.6) is 0 Å². The highest BCUT2D eigenvalue weighted by Gasteiger charge is 2.30. The minimum atomic E-state index is 0.399. The smallest absolute Gasteiger partial charge is 0.138 e. The molecule has 1 fully saturated rings. The molecule has 114 valence electrons. The van der Waals surface area contributed by atoms with Crippen LogP contribution in [0.25, 0.3) is 0 Å². The molecule has 0 bridgehead atoms. The molecule has 2 rings (SSSR count). The van der Waals surface area contributed by atoms with Crippen molar-refractivity contribution in [2.24, 2.45) is 11.8 Å². The van der Waals surface area contributed by atoms with E-state index in [2.05, 4.69) is 47.8 Å². The maximum atomic E-state index is 4.50. The van der Waals surface area contributed by atoms with Gasteiger partial charge in [-0.15, -0.1) is 0 Å². The summed E-state index contributed by atoms with van der Waals surface area (Å²) in [7, 11) is 0. The summed E-state index contributed by atoms with van der Waals surface area (Å²) in [6.07, 6.45) is 8.10. The van der Waals surface area contributed by atoms with Crippen molar-refractivity contribution in [3.05, 3.63) is 12.2 Å². The molecular weight excluding hydrogens is 248 g/mol. The van der Waals surface area contributed by atoms with Gasteiger partial charge in [0.1, 0.15) is 12.2 Å². The Hall–Kier alpha value is -0.900. The second-order valence-corrected chi connectivity index (χ2v) is 6.43. The van der Waals surface area contributed by atoms with Gasteiger partial charge in [0.15, 0.2) is 0 Å². The molecule has 1 aromatic rings. The zero-order valence-corrected chi connectivity index (χ0v) is 13.5. The first-order chi connectivity index (χ1) is 9.65. The van der Waals surface area contributed by atoms with Gasteiger partial charge in [-0.2, -0.15) is 5.10 Å². The second-order valence-electron chi connectivity index (χ2n) is 6.43. The maximum absolute atomic E-state index is 4.50. The average molecular weight is 278 g/mol. The highest BCUT2D eigenvalue weighted by atomic mass is 15.3. The molecule has 1 saturated carbocycles. The minimum Gasteiger partial charge on any atom is -0.314 e. The first-order valence-corrected chi connectivity index (χ1v) is 8.27. The molecule has 0 saturated heterocycles. The molecule has 0 spiro atoms. The predicted octanol–water partition coefficient (Wildman–Crippen LogP) is 3.21. The van der Waals surface area contributed by atoms with E-state index in [1.807, 2.05) is 0 Å². The molecule has 4 nitrogen and oxygen atoms in total. The SMILES string of the molecule is CCNC1CCC(CC)CC1Cc1ncnn1C(C)C. The fourth-order valence-electron chi connectivity index (χ4n) is 3.57. The van der Waals surface area contributed by atoms with Crippen molar-refractivity contribution < 1.29 is 0 Å². The fourth-order valence-corrected chi connectivity index (χ4v) is 3.57. The van der Waals surface area contributed by atoms with Crippen LogP contribution in [-0.2, 0) is 6.42 Å². The van der Waals surface area contributed by atoms with Crippen LogP contribution in [-0.4, -0.2) is 27.4 Å². The summed E-state index contributed by atoms with van der Waals surface area (Å²) in [5.74, 6) is 2.75. The van der Waals surface area contributed by atoms with E-state index in [4.69, 9.17) is 0 Å². The van der Waals surface area contributed by atoms with E-state index in [0.717, 1.165) is 24.7 Å². The van der Waals surface area contributed by atoms with Crippen LogP contribution in [0.3, 0.4) is 0 Å². The van der Waals surface area contributed by atoms with E-state index in [9.17, 15) is 0 Å². The molecule has 3 atom stereocenters. The Labute approximate surface area is 123 Å². The Balaban J connectivity index is 2.08. The topological polar surface area (TPSA) is 42.7 Å². The first kappa shape index (κ1) is 15.5. The molecule has 0 amide bonds. The van der Waals surface area contributed by atoms with Crippen molar-refractivity contribution in [1.29, 1.82) is 0 Å². The van der Waals surface area contributed by atoms with E-state index in [1.54, 1.807) is 6.33 Å². The molecule has 1 N–H and O–H groups in total. The van der Waals surface area contributed by atoms with Gasteiger partial charge in [0, 0.05) is 18.5 Å². The number of hydrogen-bond acceptors (Lipinski definition) is 3. The summed E-state index contributed by atoms with van der Waals surface area (Å²) in [4.78, 5) is 4.50. The van der Waals surface area contributed by atoms with Crippen molar-refractivity contribution in [3.63, 3.8) is 0 Å². The Morgan fingerprint density at radius 1 is 1.35 bits per heavy atom. The summed E-state index contributed by atoms with van der Waals surface area (Å²) >= 11 is 0. The molecule has 0 aromatic carbocycles. The monoisotopic (exact) mass is 278 g/mol. The third-order valence-electron chi connectivity index (χ3n) is 4.72. The predicted molar refractivity (Wildman–Crippen MR) is 82.7 cm³/mol. The van der Waals surface area contributed by atoms with Crippen molar-refractivity contribution in [3.8, 4) is 0 Å². The molecule has 4 heteroatoms. The Morgan fingerprint density at radius 3 is 2.80 bits per heavy atom. The van der Waals surface area contributed by atoms with Gasteiger partial charge in [-0.3, -0.25) is 0 Å². The van der Waals surface area contributed by atoms with Gasteiger partial charge in [-0.1, -0.05) is 20.3 Å². The number of aromatic nitrogens is 3. The zero-order chi connectivity index (χ0) is 14.5. The third kappa shape index (κ3) is 3.60. The molecule has 1 aliphatic rings. The summed E-state index contributed by atoms with van der Waals surface area (Å²) in [6, 6.07) is 1.05. The Morgan fingerprint density at radius 2 is 2.15 bits per heavy atom. The van der Waals surface area contributed by atoms with Crippen molar-refractivity contribution in [2.45, 2.75) is 71.9 Å². The molecule has 1 aliphatic carbocycles. The lowest BCUT2D eigenvalue weighted by Gasteiger charge is -2.36. The van der Waals surface area contributed by atoms with Gasteiger partial charge in [-0.05, 0) is 51.5 Å². The summed E-state index contributed by atoms with van der Waals surface area (Å²) < 4.78 is 2.08. The Kier molecular flexibility index (Phi) is 5.58. The van der Waals surface area contributed by atoms with Crippen LogP contribution in [0.15, 0.2) is 6.33 Å². The van der Waals surface area contributed by atoms with Crippen molar-refractivity contribution >= 4 is 0 Å². The van der Waals surface area contributed by atoms with Crippen LogP contribution in [0.4, 0.5) is 0 Å². The molecule has 20 heavy (non-hydrogen) atoms. The lowest BCUT2D eigenvalue weighted by Crippen LogP contribution is -2.41. The summed E-state index contributed by atoms with van der Waals surface area (Å²) in [5.41, 5.74) is 0. The zero-order valence-electron chi connectivity index (χ0n) is 13.5. The molecule has 3 unspecified atom stereocenters. The van der Waals surface area contributed by atoms with Gasteiger partial charge in [0.05, 0.1) is 0 Å². The molecule has 0 radical (unpaired) electrons. The quantitative estimate of drug-likeness (QED) is 0.869. The van der Waals surface area contributed by atoms with Crippen LogP contribution < -0.4 is 5.32 Å². The van der Waals surface area contributed by atoms with Crippen LogP contribution in [0.1, 0.15) is 65.2 Å². The molecular formula is C16H30N4. The first-order valence-electron chi connectivity index (χ1n) is 8.27. The molecule has 1 aromatic heterocycles. The lowest BCUT2D eigenvalue weighted by molar-refractivity contribution is 0.195. The number of rotatable bonds is 6. The number of hydrogen-bond donors (Lipinski definition) is 1. The van der Waals surface area contributed by atoms with E-state index in [1.165, 1.54) is 25.7 Å². The van der Waals surface area contributed by atoms with Gasteiger partial charge < -0.3 is 5.32 Å². The molecule has 1 heterocycles. The van der Waals surface area contributed by atoms with E-state index < -0.39 is 0 Å². The highest BCUT2D eigenvalue weighted by molar-refractivity contribution is 4.94.